The normalized spacial score (nSPS) is 12.0. The van der Waals surface area contributed by atoms with E-state index in [0.717, 1.165) is 31.6 Å². The molecule has 0 aliphatic heterocycles. The first-order valence-corrected chi connectivity index (χ1v) is 6.64. The van der Waals surface area contributed by atoms with Gasteiger partial charge in [-0.1, -0.05) is 13.8 Å². The van der Waals surface area contributed by atoms with Crippen molar-refractivity contribution in [3.63, 3.8) is 0 Å². The van der Waals surface area contributed by atoms with E-state index in [-0.39, 0.29) is 12.0 Å². The van der Waals surface area contributed by atoms with E-state index in [4.69, 9.17) is 5.11 Å². The van der Waals surface area contributed by atoms with E-state index in [1.165, 1.54) is 4.88 Å². The Morgan fingerprint density at radius 1 is 1.50 bits per heavy atom. The number of nitrogens with zero attached hydrogens (tertiary/aromatic N) is 1. The van der Waals surface area contributed by atoms with Crippen LogP contribution < -0.4 is 5.32 Å². The fourth-order valence-corrected chi connectivity index (χ4v) is 2.40. The Kier molecular flexibility index (Phi) is 5.38. The third kappa shape index (κ3) is 4.60. The maximum atomic E-state index is 8.81. The van der Waals surface area contributed by atoms with Gasteiger partial charge in [0.2, 0.25) is 0 Å². The van der Waals surface area contributed by atoms with Crippen LogP contribution in [0, 0.1) is 12.3 Å². The predicted octanol–water partition coefficient (Wildman–Crippen LogP) is 2.34. The molecule has 1 aromatic heterocycles. The first kappa shape index (κ1) is 13.6. The van der Waals surface area contributed by atoms with Gasteiger partial charge in [-0.3, -0.25) is 0 Å². The highest BCUT2D eigenvalue weighted by Crippen LogP contribution is 2.21. The molecule has 1 aromatic rings. The smallest absolute Gasteiger partial charge is 0.0798 e. The van der Waals surface area contributed by atoms with Crippen LogP contribution in [0.3, 0.4) is 0 Å². The van der Waals surface area contributed by atoms with Crippen molar-refractivity contribution in [1.29, 1.82) is 0 Å². The summed E-state index contributed by atoms with van der Waals surface area (Å²) >= 11 is 1.70. The van der Waals surface area contributed by atoms with Crippen molar-refractivity contribution in [2.45, 2.75) is 40.2 Å². The number of hydrogen-bond donors (Lipinski definition) is 2. The summed E-state index contributed by atoms with van der Waals surface area (Å²) in [6, 6.07) is 0. The average molecular weight is 242 g/mol. The van der Waals surface area contributed by atoms with E-state index in [1.54, 1.807) is 11.3 Å². The number of hydrogen-bond acceptors (Lipinski definition) is 4. The molecule has 0 spiro atoms. The van der Waals surface area contributed by atoms with Gasteiger partial charge in [-0.25, -0.2) is 4.98 Å². The Bertz CT molecular complexity index is 310. The zero-order valence-corrected chi connectivity index (χ0v) is 11.2. The number of aryl methyl sites for hydroxylation is 1. The molecule has 0 fully saturated rings. The minimum Gasteiger partial charge on any atom is -0.396 e. The molecule has 92 valence electrons. The molecular weight excluding hydrogens is 220 g/mol. The summed E-state index contributed by atoms with van der Waals surface area (Å²) in [5, 5.41) is 12.3. The minimum atomic E-state index is 0.251. The monoisotopic (exact) mass is 242 g/mol. The van der Waals surface area contributed by atoms with Crippen molar-refractivity contribution in [3.8, 4) is 0 Å². The molecule has 0 radical (unpaired) electrons. The average Bonchev–Trinajstić information content (AvgIpc) is 2.62. The van der Waals surface area contributed by atoms with E-state index in [2.05, 4.69) is 24.1 Å². The number of rotatable bonds is 7. The van der Waals surface area contributed by atoms with Crippen LogP contribution in [0.15, 0.2) is 5.51 Å². The molecule has 0 aliphatic rings. The van der Waals surface area contributed by atoms with Crippen LogP contribution in [0.1, 0.15) is 37.3 Å². The van der Waals surface area contributed by atoms with Gasteiger partial charge in [0, 0.05) is 24.6 Å². The van der Waals surface area contributed by atoms with Gasteiger partial charge in [0.25, 0.3) is 0 Å². The maximum absolute atomic E-state index is 8.81. The van der Waals surface area contributed by atoms with Gasteiger partial charge < -0.3 is 10.4 Å². The van der Waals surface area contributed by atoms with E-state index in [0.29, 0.717) is 0 Å². The van der Waals surface area contributed by atoms with Crippen molar-refractivity contribution in [2.24, 2.45) is 5.41 Å². The van der Waals surface area contributed by atoms with Gasteiger partial charge in [-0.05, 0) is 25.2 Å². The van der Waals surface area contributed by atoms with Gasteiger partial charge in [0.05, 0.1) is 11.2 Å². The Balaban J connectivity index is 2.27. The Labute approximate surface area is 102 Å². The van der Waals surface area contributed by atoms with E-state index in [1.807, 2.05) is 12.4 Å². The molecule has 0 atom stereocenters. The van der Waals surface area contributed by atoms with Crippen LogP contribution in [-0.2, 0) is 6.54 Å². The molecule has 0 bridgehead atoms. The highest BCUT2D eigenvalue weighted by molar-refractivity contribution is 7.09. The summed E-state index contributed by atoms with van der Waals surface area (Å²) in [5.41, 5.74) is 3.27. The first-order chi connectivity index (χ1) is 7.55. The second-order valence-electron chi connectivity index (χ2n) is 4.96. The second-order valence-corrected chi connectivity index (χ2v) is 5.90. The number of aliphatic hydroxyl groups is 1. The topological polar surface area (TPSA) is 45.2 Å². The minimum absolute atomic E-state index is 0.251. The van der Waals surface area contributed by atoms with Gasteiger partial charge in [0.15, 0.2) is 0 Å². The fourth-order valence-electron chi connectivity index (χ4n) is 1.66. The van der Waals surface area contributed by atoms with Crippen molar-refractivity contribution in [2.75, 3.05) is 13.2 Å². The molecular formula is C12H22N2OS. The maximum Gasteiger partial charge on any atom is 0.0798 e. The van der Waals surface area contributed by atoms with Crippen LogP contribution >= 0.6 is 11.3 Å². The molecule has 4 heteroatoms. The van der Waals surface area contributed by atoms with Crippen molar-refractivity contribution in [3.05, 3.63) is 16.1 Å². The second kappa shape index (κ2) is 6.33. The molecule has 0 unspecified atom stereocenters. The van der Waals surface area contributed by atoms with E-state index < -0.39 is 0 Å². The quantitative estimate of drug-likeness (QED) is 0.771. The third-order valence-electron chi connectivity index (χ3n) is 2.75. The lowest BCUT2D eigenvalue weighted by Crippen LogP contribution is -2.29. The zero-order valence-electron chi connectivity index (χ0n) is 10.4. The van der Waals surface area contributed by atoms with E-state index in [9.17, 15) is 0 Å². The van der Waals surface area contributed by atoms with Crippen LogP contribution in [0.4, 0.5) is 0 Å². The molecule has 1 rings (SSSR count). The zero-order chi connectivity index (χ0) is 12.0. The third-order valence-corrected chi connectivity index (χ3v) is 3.68. The summed E-state index contributed by atoms with van der Waals surface area (Å²) in [5.74, 6) is 0. The number of thiazole rings is 1. The highest BCUT2D eigenvalue weighted by atomic mass is 32.1. The summed E-state index contributed by atoms with van der Waals surface area (Å²) < 4.78 is 0. The van der Waals surface area contributed by atoms with Crippen LogP contribution in [0.5, 0.6) is 0 Å². The lowest BCUT2D eigenvalue weighted by molar-refractivity contribution is 0.236. The van der Waals surface area contributed by atoms with Gasteiger partial charge in [-0.15, -0.1) is 11.3 Å². The summed E-state index contributed by atoms with van der Waals surface area (Å²) in [4.78, 5) is 5.54. The summed E-state index contributed by atoms with van der Waals surface area (Å²) in [6.07, 6.45) is 1.94. The van der Waals surface area contributed by atoms with Crippen LogP contribution in [0.2, 0.25) is 0 Å². The summed E-state index contributed by atoms with van der Waals surface area (Å²) in [7, 11) is 0. The van der Waals surface area contributed by atoms with Crippen LogP contribution in [-0.4, -0.2) is 23.2 Å². The lowest BCUT2D eigenvalue weighted by atomic mass is 9.88. The molecule has 2 N–H and O–H groups in total. The summed E-state index contributed by atoms with van der Waals surface area (Å²) in [6.45, 7) is 8.68. The molecule has 16 heavy (non-hydrogen) atoms. The number of nitrogens with one attached hydrogen (secondary N) is 1. The van der Waals surface area contributed by atoms with Gasteiger partial charge >= 0.3 is 0 Å². The number of aromatic nitrogens is 1. The lowest BCUT2D eigenvalue weighted by Gasteiger charge is -2.24. The standard InChI is InChI=1S/C12H22N2OS/c1-10-11(16-9-14-10)7-13-8-12(2,3)5-4-6-15/h9,13,15H,4-8H2,1-3H3. The van der Waals surface area contributed by atoms with Gasteiger partial charge in [-0.2, -0.15) is 0 Å². The van der Waals surface area contributed by atoms with Gasteiger partial charge in [0.1, 0.15) is 0 Å². The highest BCUT2D eigenvalue weighted by Gasteiger charge is 2.16. The molecule has 3 nitrogen and oxygen atoms in total. The molecule has 0 amide bonds. The fraction of sp³-hybridized carbons (Fsp3) is 0.750. The van der Waals surface area contributed by atoms with E-state index >= 15 is 0 Å². The molecule has 0 saturated heterocycles. The van der Waals surface area contributed by atoms with Crippen LogP contribution in [0.25, 0.3) is 0 Å². The Morgan fingerprint density at radius 2 is 2.25 bits per heavy atom. The molecule has 0 aromatic carbocycles. The van der Waals surface area contributed by atoms with Crippen molar-refractivity contribution in [1.82, 2.24) is 10.3 Å². The van der Waals surface area contributed by atoms with Crippen molar-refractivity contribution < 1.29 is 5.11 Å². The number of aliphatic hydroxyl groups excluding tert-OH is 1. The first-order valence-electron chi connectivity index (χ1n) is 5.76. The Hall–Kier alpha value is -0.450. The molecule has 0 aliphatic carbocycles. The largest absolute Gasteiger partial charge is 0.396 e. The molecule has 1 heterocycles. The Morgan fingerprint density at radius 3 is 2.81 bits per heavy atom. The SMILES string of the molecule is Cc1ncsc1CNCC(C)(C)CCCO. The van der Waals surface area contributed by atoms with Crippen molar-refractivity contribution >= 4 is 11.3 Å². The predicted molar refractivity (Wildman–Crippen MR) is 68.7 cm³/mol. The molecule has 0 saturated carbocycles.